The van der Waals surface area contributed by atoms with Gasteiger partial charge in [-0.25, -0.2) is 0 Å². The minimum Gasteiger partial charge on any atom is -0.308 e. The molecule has 2 unspecified atom stereocenters. The fraction of sp³-hybridized carbons (Fsp3) is 1.00. The summed E-state index contributed by atoms with van der Waals surface area (Å²) in [5.41, 5.74) is 0.455. The topological polar surface area (TPSA) is 15.3 Å². The molecule has 0 radical (unpaired) electrons. The molecule has 0 aromatic carbocycles. The third-order valence-electron chi connectivity index (χ3n) is 5.92. The summed E-state index contributed by atoms with van der Waals surface area (Å²) < 4.78 is 0. The van der Waals surface area contributed by atoms with Crippen molar-refractivity contribution in [2.75, 3.05) is 13.1 Å². The van der Waals surface area contributed by atoms with Crippen LogP contribution >= 0.6 is 0 Å². The fourth-order valence-electron chi connectivity index (χ4n) is 4.43. The normalized spacial score (nSPS) is 28.1. The van der Waals surface area contributed by atoms with Gasteiger partial charge in [0.15, 0.2) is 0 Å². The first-order valence-corrected chi connectivity index (χ1v) is 9.57. The second-order valence-corrected chi connectivity index (χ2v) is 8.13. The molecule has 1 aliphatic carbocycles. The first-order chi connectivity index (χ1) is 10.1. The molecule has 2 heteroatoms. The summed E-state index contributed by atoms with van der Waals surface area (Å²) in [7, 11) is 0. The van der Waals surface area contributed by atoms with Crippen molar-refractivity contribution in [1.82, 2.24) is 10.2 Å². The summed E-state index contributed by atoms with van der Waals surface area (Å²) in [6, 6.07) is 1.52. The highest BCUT2D eigenvalue weighted by Crippen LogP contribution is 2.33. The highest BCUT2D eigenvalue weighted by molar-refractivity contribution is 5.00. The lowest BCUT2D eigenvalue weighted by Crippen LogP contribution is -2.66. The molecule has 2 aliphatic rings. The van der Waals surface area contributed by atoms with Crippen molar-refractivity contribution in [3.63, 3.8) is 0 Å². The molecule has 1 heterocycles. The second kappa shape index (κ2) is 7.97. The van der Waals surface area contributed by atoms with Crippen LogP contribution in [0.1, 0.15) is 85.5 Å². The third-order valence-corrected chi connectivity index (χ3v) is 5.92. The standard InChI is InChI=1S/C19H38N2/c1-5-18-14-20-19(12-7-6-8-13-19)15-21(18)17(4)11-9-10-16(2)3/h16-18,20H,5-15H2,1-4H3. The number of hydrogen-bond donors (Lipinski definition) is 1. The Morgan fingerprint density at radius 1 is 1.10 bits per heavy atom. The number of nitrogens with zero attached hydrogens (tertiary/aromatic N) is 1. The highest BCUT2D eigenvalue weighted by Gasteiger charge is 2.40. The number of rotatable bonds is 6. The molecule has 1 saturated heterocycles. The van der Waals surface area contributed by atoms with Gasteiger partial charge in [-0.05, 0) is 38.5 Å². The molecule has 0 bridgehead atoms. The van der Waals surface area contributed by atoms with Crippen LogP contribution in [0.4, 0.5) is 0 Å². The molecule has 2 rings (SSSR count). The Morgan fingerprint density at radius 2 is 1.81 bits per heavy atom. The number of nitrogens with one attached hydrogen (secondary N) is 1. The van der Waals surface area contributed by atoms with E-state index in [1.165, 1.54) is 70.9 Å². The molecular formula is C19H38N2. The van der Waals surface area contributed by atoms with Crippen molar-refractivity contribution >= 4 is 0 Å². The van der Waals surface area contributed by atoms with E-state index < -0.39 is 0 Å². The predicted molar refractivity (Wildman–Crippen MR) is 92.8 cm³/mol. The monoisotopic (exact) mass is 294 g/mol. The smallest absolute Gasteiger partial charge is 0.0309 e. The molecular weight excluding hydrogens is 256 g/mol. The van der Waals surface area contributed by atoms with Crippen molar-refractivity contribution in [2.45, 2.75) is 103 Å². The van der Waals surface area contributed by atoms with E-state index in [4.69, 9.17) is 0 Å². The molecule has 2 atom stereocenters. The maximum atomic E-state index is 3.95. The SMILES string of the molecule is CCC1CNC2(CCCCC2)CN1C(C)CCCC(C)C. The molecule has 2 fully saturated rings. The summed E-state index contributed by atoms with van der Waals surface area (Å²) >= 11 is 0. The Balaban J connectivity index is 1.92. The average Bonchev–Trinajstić information content (AvgIpc) is 2.47. The van der Waals surface area contributed by atoms with Gasteiger partial charge in [0.25, 0.3) is 0 Å². The molecule has 0 aromatic heterocycles. The summed E-state index contributed by atoms with van der Waals surface area (Å²) in [5, 5.41) is 3.95. The van der Waals surface area contributed by atoms with E-state index >= 15 is 0 Å². The zero-order valence-electron chi connectivity index (χ0n) is 15.0. The molecule has 1 spiro atoms. The van der Waals surface area contributed by atoms with Crippen LogP contribution in [-0.4, -0.2) is 35.6 Å². The lowest BCUT2D eigenvalue weighted by Gasteiger charge is -2.51. The van der Waals surface area contributed by atoms with Gasteiger partial charge in [0.2, 0.25) is 0 Å². The number of piperazine rings is 1. The zero-order valence-corrected chi connectivity index (χ0v) is 15.0. The van der Waals surface area contributed by atoms with E-state index in [0.29, 0.717) is 5.54 Å². The Labute approximate surface area is 133 Å². The lowest BCUT2D eigenvalue weighted by atomic mass is 9.78. The van der Waals surface area contributed by atoms with Crippen molar-refractivity contribution in [3.8, 4) is 0 Å². The van der Waals surface area contributed by atoms with Gasteiger partial charge in [0.05, 0.1) is 0 Å². The van der Waals surface area contributed by atoms with Crippen LogP contribution in [0, 0.1) is 5.92 Å². The molecule has 21 heavy (non-hydrogen) atoms. The fourth-order valence-corrected chi connectivity index (χ4v) is 4.43. The van der Waals surface area contributed by atoms with Gasteiger partial charge in [-0.2, -0.15) is 0 Å². The molecule has 2 nitrogen and oxygen atoms in total. The van der Waals surface area contributed by atoms with Crippen molar-refractivity contribution in [2.24, 2.45) is 5.92 Å². The first kappa shape index (κ1) is 17.3. The maximum absolute atomic E-state index is 3.95. The second-order valence-electron chi connectivity index (χ2n) is 8.13. The molecule has 1 aliphatic heterocycles. The minimum absolute atomic E-state index is 0.455. The van der Waals surface area contributed by atoms with E-state index in [2.05, 4.69) is 37.9 Å². The third kappa shape index (κ3) is 4.69. The molecule has 124 valence electrons. The Bertz CT molecular complexity index is 294. The van der Waals surface area contributed by atoms with Gasteiger partial charge >= 0.3 is 0 Å². The summed E-state index contributed by atoms with van der Waals surface area (Å²) in [4.78, 5) is 2.86. The average molecular weight is 295 g/mol. The van der Waals surface area contributed by atoms with E-state index in [1.807, 2.05) is 0 Å². The molecule has 1 N–H and O–H groups in total. The Kier molecular flexibility index (Phi) is 6.55. The van der Waals surface area contributed by atoms with E-state index in [-0.39, 0.29) is 0 Å². The Morgan fingerprint density at radius 3 is 2.43 bits per heavy atom. The largest absolute Gasteiger partial charge is 0.308 e. The van der Waals surface area contributed by atoms with Gasteiger partial charge in [-0.3, -0.25) is 4.90 Å². The summed E-state index contributed by atoms with van der Waals surface area (Å²) in [6.45, 7) is 12.0. The highest BCUT2D eigenvalue weighted by atomic mass is 15.3. The lowest BCUT2D eigenvalue weighted by molar-refractivity contribution is 0.0242. The quantitative estimate of drug-likeness (QED) is 0.771. The molecule has 0 amide bonds. The van der Waals surface area contributed by atoms with Gasteiger partial charge in [-0.1, -0.05) is 52.9 Å². The van der Waals surface area contributed by atoms with E-state index in [9.17, 15) is 0 Å². The summed E-state index contributed by atoms with van der Waals surface area (Å²) in [6.07, 6.45) is 12.6. The van der Waals surface area contributed by atoms with Crippen LogP contribution in [0.5, 0.6) is 0 Å². The number of hydrogen-bond acceptors (Lipinski definition) is 2. The van der Waals surface area contributed by atoms with Crippen LogP contribution < -0.4 is 5.32 Å². The van der Waals surface area contributed by atoms with Gasteiger partial charge in [-0.15, -0.1) is 0 Å². The van der Waals surface area contributed by atoms with Gasteiger partial charge < -0.3 is 5.32 Å². The first-order valence-electron chi connectivity index (χ1n) is 9.57. The van der Waals surface area contributed by atoms with Crippen LogP contribution in [0.15, 0.2) is 0 Å². The van der Waals surface area contributed by atoms with Crippen LogP contribution in [-0.2, 0) is 0 Å². The zero-order chi connectivity index (χ0) is 15.3. The van der Waals surface area contributed by atoms with Crippen LogP contribution in [0.2, 0.25) is 0 Å². The molecule has 1 saturated carbocycles. The maximum Gasteiger partial charge on any atom is 0.0309 e. The van der Waals surface area contributed by atoms with Crippen LogP contribution in [0.25, 0.3) is 0 Å². The van der Waals surface area contributed by atoms with Crippen LogP contribution in [0.3, 0.4) is 0 Å². The van der Waals surface area contributed by atoms with Gasteiger partial charge in [0.1, 0.15) is 0 Å². The minimum atomic E-state index is 0.455. The van der Waals surface area contributed by atoms with E-state index in [0.717, 1.165) is 18.0 Å². The Hall–Kier alpha value is -0.0800. The van der Waals surface area contributed by atoms with Crippen molar-refractivity contribution in [3.05, 3.63) is 0 Å². The predicted octanol–water partition coefficient (Wildman–Crippen LogP) is 4.59. The van der Waals surface area contributed by atoms with E-state index in [1.54, 1.807) is 0 Å². The summed E-state index contributed by atoms with van der Waals surface area (Å²) in [5.74, 6) is 0.854. The molecule has 0 aromatic rings. The van der Waals surface area contributed by atoms with Gasteiger partial charge in [0, 0.05) is 30.7 Å². The van der Waals surface area contributed by atoms with Crippen molar-refractivity contribution < 1.29 is 0 Å². The van der Waals surface area contributed by atoms with Crippen molar-refractivity contribution in [1.29, 1.82) is 0 Å².